The number of carbonyl (C=O) groups is 1. The maximum Gasteiger partial charge on any atom is 0.341 e. The van der Waals surface area contributed by atoms with E-state index in [0.717, 1.165) is 25.8 Å². The maximum absolute atomic E-state index is 15.3. The molecule has 8 heteroatoms. The van der Waals surface area contributed by atoms with Gasteiger partial charge in [0.25, 0.3) is 0 Å². The molecule has 2 N–H and O–H groups in total. The average molecular weight is 417 g/mol. The quantitative estimate of drug-likeness (QED) is 0.721. The molecular formula is C22H28FN3O4. The van der Waals surface area contributed by atoms with Crippen molar-refractivity contribution in [3.8, 4) is 5.75 Å². The smallest absolute Gasteiger partial charge is 0.341 e. The molecule has 1 saturated heterocycles. The van der Waals surface area contributed by atoms with Crippen LogP contribution < -0.4 is 20.4 Å². The molecule has 0 radical (unpaired) electrons. The van der Waals surface area contributed by atoms with Gasteiger partial charge in [0, 0.05) is 31.4 Å². The van der Waals surface area contributed by atoms with Gasteiger partial charge in [-0.1, -0.05) is 6.92 Å². The van der Waals surface area contributed by atoms with E-state index in [1.165, 1.54) is 19.4 Å². The first-order chi connectivity index (χ1) is 14.4. The van der Waals surface area contributed by atoms with Crippen molar-refractivity contribution >= 4 is 22.6 Å². The molecule has 0 spiro atoms. The van der Waals surface area contributed by atoms with E-state index in [9.17, 15) is 14.7 Å². The summed E-state index contributed by atoms with van der Waals surface area (Å²) in [7, 11) is 1.47. The number of halogens is 1. The van der Waals surface area contributed by atoms with E-state index in [4.69, 9.17) is 4.74 Å². The van der Waals surface area contributed by atoms with E-state index in [1.807, 2.05) is 4.90 Å². The number of anilines is 1. The summed E-state index contributed by atoms with van der Waals surface area (Å²) in [6, 6.07) is 1.60. The molecule has 162 valence electrons. The molecule has 0 bridgehead atoms. The topological polar surface area (TPSA) is 83.8 Å². The number of nitrogens with one attached hydrogen (secondary N) is 1. The Morgan fingerprint density at radius 2 is 2.13 bits per heavy atom. The van der Waals surface area contributed by atoms with E-state index in [0.29, 0.717) is 42.0 Å². The van der Waals surface area contributed by atoms with Crippen molar-refractivity contribution in [3.05, 3.63) is 33.9 Å². The van der Waals surface area contributed by atoms with Crippen LogP contribution in [0.1, 0.15) is 49.5 Å². The van der Waals surface area contributed by atoms with Crippen molar-refractivity contribution in [1.82, 2.24) is 9.88 Å². The normalized spacial score (nSPS) is 20.0. The van der Waals surface area contributed by atoms with Gasteiger partial charge in [0.1, 0.15) is 11.3 Å². The molecule has 2 atom stereocenters. The van der Waals surface area contributed by atoms with Crippen LogP contribution in [0, 0.1) is 11.7 Å². The number of rotatable bonds is 7. The monoisotopic (exact) mass is 417 g/mol. The number of methoxy groups -OCH3 is 1. The summed E-state index contributed by atoms with van der Waals surface area (Å²) in [6.07, 6.45) is 4.09. The summed E-state index contributed by atoms with van der Waals surface area (Å²) >= 11 is 0. The number of nitrogens with zero attached hydrogens (tertiary/aromatic N) is 2. The van der Waals surface area contributed by atoms with Crippen LogP contribution in [0.4, 0.5) is 10.1 Å². The number of carboxylic acid groups (broad SMARTS) is 1. The van der Waals surface area contributed by atoms with E-state index >= 15 is 4.39 Å². The summed E-state index contributed by atoms with van der Waals surface area (Å²) in [5, 5.41) is 12.9. The summed E-state index contributed by atoms with van der Waals surface area (Å²) in [5.41, 5.74) is -0.190. The zero-order valence-electron chi connectivity index (χ0n) is 17.6. The van der Waals surface area contributed by atoms with Gasteiger partial charge in [0.15, 0.2) is 11.6 Å². The molecule has 30 heavy (non-hydrogen) atoms. The fourth-order valence-electron chi connectivity index (χ4n) is 4.61. The third-order valence-electron chi connectivity index (χ3n) is 6.35. The zero-order valence-corrected chi connectivity index (χ0v) is 17.6. The Bertz CT molecular complexity index is 1050. The van der Waals surface area contributed by atoms with Crippen LogP contribution >= 0.6 is 0 Å². The van der Waals surface area contributed by atoms with Gasteiger partial charge in [-0.3, -0.25) is 4.79 Å². The molecule has 2 heterocycles. The van der Waals surface area contributed by atoms with Gasteiger partial charge < -0.3 is 24.6 Å². The maximum atomic E-state index is 15.3. The zero-order chi connectivity index (χ0) is 21.6. The second-order valence-electron chi connectivity index (χ2n) is 8.29. The van der Waals surface area contributed by atoms with Crippen molar-refractivity contribution in [2.24, 2.45) is 5.92 Å². The molecule has 1 aromatic heterocycles. The Kier molecular flexibility index (Phi) is 5.44. The number of aromatic carboxylic acids is 1. The number of benzene rings is 1. The number of hydrogen-bond acceptors (Lipinski definition) is 5. The van der Waals surface area contributed by atoms with Crippen molar-refractivity contribution in [2.75, 3.05) is 31.6 Å². The van der Waals surface area contributed by atoms with E-state index < -0.39 is 17.2 Å². The number of carboxylic acids is 1. The molecule has 1 aromatic carbocycles. The Morgan fingerprint density at radius 3 is 2.73 bits per heavy atom. The fourth-order valence-corrected chi connectivity index (χ4v) is 4.61. The first-order valence-electron chi connectivity index (χ1n) is 10.5. The minimum absolute atomic E-state index is 0.0525. The fraction of sp³-hybridized carbons (Fsp3) is 0.545. The van der Waals surface area contributed by atoms with E-state index in [1.54, 1.807) is 4.57 Å². The Labute approximate surface area is 174 Å². The minimum Gasteiger partial charge on any atom is -0.492 e. The van der Waals surface area contributed by atoms with Crippen LogP contribution in [-0.2, 0) is 0 Å². The second-order valence-corrected chi connectivity index (χ2v) is 8.29. The van der Waals surface area contributed by atoms with Crippen LogP contribution in [0.2, 0.25) is 0 Å². The summed E-state index contributed by atoms with van der Waals surface area (Å²) in [6.45, 7) is 6.47. The van der Waals surface area contributed by atoms with Crippen molar-refractivity contribution < 1.29 is 19.0 Å². The van der Waals surface area contributed by atoms with Gasteiger partial charge >= 0.3 is 5.97 Å². The highest BCUT2D eigenvalue weighted by Gasteiger charge is 2.34. The van der Waals surface area contributed by atoms with E-state index in [2.05, 4.69) is 19.2 Å². The highest BCUT2D eigenvalue weighted by molar-refractivity contribution is 5.97. The van der Waals surface area contributed by atoms with Crippen LogP contribution in [0.5, 0.6) is 5.75 Å². The van der Waals surface area contributed by atoms with Crippen LogP contribution in [0.3, 0.4) is 0 Å². The molecule has 1 saturated carbocycles. The molecule has 0 unspecified atom stereocenters. The molecule has 1 aliphatic heterocycles. The lowest BCUT2D eigenvalue weighted by Gasteiger charge is -2.26. The Morgan fingerprint density at radius 1 is 1.40 bits per heavy atom. The molecule has 7 nitrogen and oxygen atoms in total. The molecule has 0 amide bonds. The highest BCUT2D eigenvalue weighted by Crippen LogP contribution is 2.44. The number of fused-ring (bicyclic) bond motifs is 1. The lowest BCUT2D eigenvalue weighted by atomic mass is 10.0. The molecule has 4 rings (SSSR count). The first kappa shape index (κ1) is 20.7. The Balaban J connectivity index is 1.87. The number of ether oxygens (including phenoxy) is 1. The van der Waals surface area contributed by atoms with Crippen molar-refractivity contribution in [3.63, 3.8) is 0 Å². The molecular weight excluding hydrogens is 389 g/mol. The molecule has 2 fully saturated rings. The van der Waals surface area contributed by atoms with Gasteiger partial charge in [0.2, 0.25) is 5.43 Å². The van der Waals surface area contributed by atoms with Crippen LogP contribution in [0.15, 0.2) is 17.1 Å². The molecule has 2 aliphatic rings. The lowest BCUT2D eigenvalue weighted by Crippen LogP contribution is -2.35. The number of aromatic nitrogens is 1. The first-order valence-corrected chi connectivity index (χ1v) is 10.5. The lowest BCUT2D eigenvalue weighted by molar-refractivity contribution is 0.0695. The largest absolute Gasteiger partial charge is 0.492 e. The van der Waals surface area contributed by atoms with Crippen molar-refractivity contribution in [1.29, 1.82) is 0 Å². The average Bonchev–Trinajstić information content (AvgIpc) is 3.44. The highest BCUT2D eigenvalue weighted by atomic mass is 19.1. The summed E-state index contributed by atoms with van der Waals surface area (Å²) in [5.74, 6) is -1.18. The van der Waals surface area contributed by atoms with Crippen LogP contribution in [0.25, 0.3) is 10.9 Å². The molecule has 1 aliphatic carbocycles. The van der Waals surface area contributed by atoms with Gasteiger partial charge in [-0.15, -0.1) is 0 Å². The Hall–Kier alpha value is -2.61. The predicted molar refractivity (Wildman–Crippen MR) is 113 cm³/mol. The van der Waals surface area contributed by atoms with Gasteiger partial charge in [-0.25, -0.2) is 9.18 Å². The predicted octanol–water partition coefficient (Wildman–Crippen LogP) is 3.01. The van der Waals surface area contributed by atoms with Crippen molar-refractivity contribution in [2.45, 2.75) is 45.2 Å². The third kappa shape index (κ3) is 3.43. The van der Waals surface area contributed by atoms with Crippen LogP contribution in [-0.4, -0.2) is 48.4 Å². The standard InChI is InChI=1S/C22H28FN3O4/c1-4-24-12(2)13-7-8-25(10-13)19-17(23)9-15-18(21(19)30-3)26(14-5-6-14)11-16(20(15)27)22(28)29/h9,11-14,24H,4-8,10H2,1-3H3,(H,28,29)/t12-,13+/m1/s1. The number of pyridine rings is 1. The van der Waals surface area contributed by atoms with Gasteiger partial charge in [-0.2, -0.15) is 0 Å². The minimum atomic E-state index is -1.31. The van der Waals surface area contributed by atoms with Gasteiger partial charge in [-0.05, 0) is 44.7 Å². The summed E-state index contributed by atoms with van der Waals surface area (Å²) in [4.78, 5) is 26.4. The second kappa shape index (κ2) is 7.91. The van der Waals surface area contributed by atoms with Gasteiger partial charge in [0.05, 0.1) is 18.0 Å². The molecule has 2 aromatic rings. The third-order valence-corrected chi connectivity index (χ3v) is 6.35. The summed E-state index contributed by atoms with van der Waals surface area (Å²) < 4.78 is 22.8. The van der Waals surface area contributed by atoms with E-state index in [-0.39, 0.29) is 17.0 Å². The number of hydrogen-bond donors (Lipinski definition) is 2. The SMILES string of the molecule is CCN[C@H](C)[C@H]1CCN(c2c(F)cc3c(=O)c(C(=O)O)cn(C4CC4)c3c2OC)C1.